The van der Waals surface area contributed by atoms with Gasteiger partial charge in [-0.1, -0.05) is 66.2 Å². The van der Waals surface area contributed by atoms with Crippen molar-refractivity contribution in [3.63, 3.8) is 0 Å². The second kappa shape index (κ2) is 12.1. The lowest BCUT2D eigenvalue weighted by Gasteiger charge is -2.29. The van der Waals surface area contributed by atoms with E-state index in [1.165, 1.54) is 12.5 Å². The van der Waals surface area contributed by atoms with E-state index in [0.29, 0.717) is 29.5 Å². The third-order valence-corrected chi connectivity index (χ3v) is 5.79. The number of amides is 2. The number of aliphatic hydroxyl groups is 1. The van der Waals surface area contributed by atoms with Crippen LogP contribution in [-0.4, -0.2) is 41.5 Å². The van der Waals surface area contributed by atoms with Crippen molar-refractivity contribution in [2.75, 3.05) is 18.5 Å². The number of carbonyl (C=O) groups is 2. The van der Waals surface area contributed by atoms with Crippen molar-refractivity contribution in [3.05, 3.63) is 83.4 Å². The summed E-state index contributed by atoms with van der Waals surface area (Å²) in [5.74, 6) is -0.137. The van der Waals surface area contributed by atoms with E-state index in [9.17, 15) is 14.7 Å². The Hall–Kier alpha value is -3.55. The fraction of sp³-hybridized carbons (Fsp3) is 0.310. The van der Waals surface area contributed by atoms with Gasteiger partial charge in [0.05, 0.1) is 18.2 Å². The number of ether oxygens (including phenoxy) is 2. The number of aliphatic hydroxyl groups excluding tert-OH is 1. The molecule has 196 valence electrons. The minimum atomic E-state index is -1.60. The molecule has 0 bridgehead atoms. The molecule has 0 aliphatic carbocycles. The molecule has 37 heavy (non-hydrogen) atoms. The Labute approximate surface area is 222 Å². The topological polar surface area (TPSA) is 96.9 Å². The quantitative estimate of drug-likeness (QED) is 0.326. The zero-order valence-electron chi connectivity index (χ0n) is 21.5. The van der Waals surface area contributed by atoms with Gasteiger partial charge in [-0.25, -0.2) is 4.79 Å². The number of rotatable bonds is 9. The van der Waals surface area contributed by atoms with Crippen molar-refractivity contribution < 1.29 is 24.2 Å². The van der Waals surface area contributed by atoms with Gasteiger partial charge in [-0.2, -0.15) is 0 Å². The summed E-state index contributed by atoms with van der Waals surface area (Å²) < 4.78 is 11.0. The minimum Gasteiger partial charge on any atom is -0.492 e. The Morgan fingerprint density at radius 3 is 2.16 bits per heavy atom. The molecule has 0 unspecified atom stereocenters. The molecule has 3 rings (SSSR count). The fourth-order valence-electron chi connectivity index (χ4n) is 3.43. The Morgan fingerprint density at radius 2 is 1.57 bits per heavy atom. The van der Waals surface area contributed by atoms with Crippen LogP contribution in [0, 0.1) is 0 Å². The van der Waals surface area contributed by atoms with Gasteiger partial charge in [-0.3, -0.25) is 4.79 Å². The normalized spacial score (nSPS) is 12.8. The average molecular weight is 525 g/mol. The van der Waals surface area contributed by atoms with Gasteiger partial charge in [0.25, 0.3) is 5.91 Å². The molecule has 0 radical (unpaired) electrons. The molecule has 1 atom stereocenters. The van der Waals surface area contributed by atoms with Crippen molar-refractivity contribution in [2.24, 2.45) is 0 Å². The van der Waals surface area contributed by atoms with E-state index in [4.69, 9.17) is 21.1 Å². The van der Waals surface area contributed by atoms with Crippen LogP contribution in [0.3, 0.4) is 0 Å². The molecule has 0 aromatic heterocycles. The lowest BCUT2D eigenvalue weighted by Crippen LogP contribution is -2.58. The van der Waals surface area contributed by atoms with Crippen LogP contribution < -0.4 is 15.4 Å². The average Bonchev–Trinajstić information content (AvgIpc) is 2.85. The number of hydrogen-bond donors (Lipinski definition) is 3. The Morgan fingerprint density at radius 1 is 0.919 bits per heavy atom. The number of carbonyl (C=O) groups excluding carboxylic acids is 2. The molecular formula is C29H33ClN2O5. The molecule has 8 heteroatoms. The van der Waals surface area contributed by atoms with Crippen LogP contribution in [0.1, 0.15) is 33.3 Å². The number of alkyl carbamates (subject to hydrolysis) is 1. The van der Waals surface area contributed by atoms with Gasteiger partial charge in [-0.05, 0) is 62.6 Å². The predicted molar refractivity (Wildman–Crippen MR) is 146 cm³/mol. The molecule has 0 heterocycles. The highest BCUT2D eigenvalue weighted by Gasteiger charge is 2.36. The molecular weight excluding hydrogens is 492 g/mol. The first-order valence-corrected chi connectivity index (χ1v) is 12.4. The van der Waals surface area contributed by atoms with E-state index in [0.717, 1.165) is 11.1 Å². The van der Waals surface area contributed by atoms with E-state index in [1.807, 2.05) is 18.2 Å². The smallest absolute Gasteiger partial charge is 0.408 e. The molecule has 3 N–H and O–H groups in total. The molecule has 2 amide bonds. The van der Waals surface area contributed by atoms with Crippen LogP contribution in [0.2, 0.25) is 5.02 Å². The van der Waals surface area contributed by atoms with Crippen molar-refractivity contribution >= 4 is 29.3 Å². The van der Waals surface area contributed by atoms with Gasteiger partial charge in [0.2, 0.25) is 0 Å². The maximum absolute atomic E-state index is 12.8. The highest BCUT2D eigenvalue weighted by Crippen LogP contribution is 2.28. The summed E-state index contributed by atoms with van der Waals surface area (Å²) in [4.78, 5) is 24.9. The first kappa shape index (κ1) is 28.0. The van der Waals surface area contributed by atoms with Gasteiger partial charge >= 0.3 is 6.09 Å². The van der Waals surface area contributed by atoms with E-state index in [2.05, 4.69) is 47.0 Å². The number of nitrogens with one attached hydrogen (secondary N) is 2. The maximum Gasteiger partial charge on any atom is 0.408 e. The molecule has 0 saturated heterocycles. The predicted octanol–water partition coefficient (Wildman–Crippen LogP) is 5.84. The highest BCUT2D eigenvalue weighted by molar-refractivity contribution is 6.32. The van der Waals surface area contributed by atoms with Crippen molar-refractivity contribution in [2.45, 2.75) is 45.3 Å². The number of halogens is 1. The summed E-state index contributed by atoms with van der Waals surface area (Å²) in [6.07, 6.45) is -0.106. The van der Waals surface area contributed by atoms with Crippen LogP contribution in [0.4, 0.5) is 10.5 Å². The molecule has 7 nitrogen and oxygen atoms in total. The highest BCUT2D eigenvalue weighted by atomic mass is 35.5. The van der Waals surface area contributed by atoms with E-state index < -0.39 is 29.7 Å². The lowest BCUT2D eigenvalue weighted by molar-refractivity contribution is -0.123. The Kier molecular flexibility index (Phi) is 9.18. The molecule has 3 aromatic rings. The van der Waals surface area contributed by atoms with Gasteiger partial charge in [0.15, 0.2) is 0 Å². The first-order chi connectivity index (χ1) is 17.5. The van der Waals surface area contributed by atoms with Gasteiger partial charge in [0, 0.05) is 12.1 Å². The number of hydrogen-bond acceptors (Lipinski definition) is 5. The SMILES string of the molecule is CC(C)(C)OC(=O)N[C@@](C)(CO)C(=O)Nc1ccc(OCCc2ccc(-c3ccccc3)cc2)c(Cl)c1. The van der Waals surface area contributed by atoms with Crippen LogP contribution in [0.5, 0.6) is 5.75 Å². The van der Waals surface area contributed by atoms with Crippen LogP contribution in [-0.2, 0) is 16.0 Å². The van der Waals surface area contributed by atoms with Crippen molar-refractivity contribution in [1.82, 2.24) is 5.32 Å². The van der Waals surface area contributed by atoms with Crippen molar-refractivity contribution in [3.8, 4) is 16.9 Å². The van der Waals surface area contributed by atoms with Crippen molar-refractivity contribution in [1.29, 1.82) is 0 Å². The zero-order chi connectivity index (χ0) is 27.1. The number of benzene rings is 3. The standard InChI is InChI=1S/C29H33ClN2O5/c1-28(2,3)37-27(35)32-29(4,19-33)26(34)31-23-14-15-25(24(30)18-23)36-17-16-20-10-12-22(13-11-20)21-8-6-5-7-9-21/h5-15,18,33H,16-17,19H2,1-4H3,(H,31,34)(H,32,35)/t29-/m0/s1. The summed E-state index contributed by atoms with van der Waals surface area (Å²) in [7, 11) is 0. The molecule has 0 fully saturated rings. The van der Waals surface area contributed by atoms with Crippen LogP contribution in [0.15, 0.2) is 72.8 Å². The summed E-state index contributed by atoms with van der Waals surface area (Å²) in [5, 5.41) is 15.2. The summed E-state index contributed by atoms with van der Waals surface area (Å²) in [6, 6.07) is 23.4. The van der Waals surface area contributed by atoms with Gasteiger partial charge in [0.1, 0.15) is 16.9 Å². The second-order valence-electron chi connectivity index (χ2n) is 9.88. The van der Waals surface area contributed by atoms with Gasteiger partial charge in [-0.15, -0.1) is 0 Å². The summed E-state index contributed by atoms with van der Waals surface area (Å²) in [5.41, 5.74) is 1.52. The van der Waals surface area contributed by atoms with E-state index in [-0.39, 0.29) is 0 Å². The molecule has 0 aliphatic heterocycles. The third-order valence-electron chi connectivity index (χ3n) is 5.49. The van der Waals surface area contributed by atoms with Crippen LogP contribution >= 0.6 is 11.6 Å². The third kappa shape index (κ3) is 8.23. The largest absolute Gasteiger partial charge is 0.492 e. The van der Waals surface area contributed by atoms with Gasteiger partial charge < -0.3 is 25.2 Å². The van der Waals surface area contributed by atoms with E-state index >= 15 is 0 Å². The number of anilines is 1. The lowest BCUT2D eigenvalue weighted by atomic mass is 10.0. The summed E-state index contributed by atoms with van der Waals surface area (Å²) >= 11 is 6.37. The van der Waals surface area contributed by atoms with E-state index in [1.54, 1.807) is 39.0 Å². The van der Waals surface area contributed by atoms with Crippen LogP contribution in [0.25, 0.3) is 11.1 Å². The molecule has 0 spiro atoms. The fourth-order valence-corrected chi connectivity index (χ4v) is 3.67. The monoisotopic (exact) mass is 524 g/mol. The summed E-state index contributed by atoms with van der Waals surface area (Å²) in [6.45, 7) is 6.32. The Bertz CT molecular complexity index is 1210. The molecule has 0 saturated carbocycles. The first-order valence-electron chi connectivity index (χ1n) is 12.0. The minimum absolute atomic E-state index is 0.322. The second-order valence-corrected chi connectivity index (χ2v) is 10.3. The maximum atomic E-state index is 12.8. The Balaban J connectivity index is 1.54. The molecule has 3 aromatic carbocycles. The molecule has 0 aliphatic rings. The zero-order valence-corrected chi connectivity index (χ0v) is 22.3.